The van der Waals surface area contributed by atoms with E-state index in [0.29, 0.717) is 6.04 Å². The molecule has 1 fully saturated rings. The van der Waals surface area contributed by atoms with Gasteiger partial charge in [-0.2, -0.15) is 5.10 Å². The van der Waals surface area contributed by atoms with E-state index in [-0.39, 0.29) is 0 Å². The molecule has 3 rings (SSSR count). The third kappa shape index (κ3) is 1.81. The topological polar surface area (TPSA) is 29.9 Å². The van der Waals surface area contributed by atoms with Crippen molar-refractivity contribution in [1.29, 1.82) is 0 Å². The standard InChI is InChI=1S/C13H17N3S/c1-9-12(11-6-4-8-17-11)13(15-16(9)2)10-5-3-7-14-10/h4,6,8,10,14H,3,5,7H2,1-2H3. The highest BCUT2D eigenvalue weighted by Crippen LogP contribution is 2.36. The first-order valence-electron chi connectivity index (χ1n) is 6.08. The van der Waals surface area contributed by atoms with E-state index in [0.717, 1.165) is 6.54 Å². The number of hydrogen-bond acceptors (Lipinski definition) is 3. The molecule has 1 saturated heterocycles. The van der Waals surface area contributed by atoms with E-state index in [1.54, 1.807) is 11.3 Å². The van der Waals surface area contributed by atoms with Gasteiger partial charge in [0.05, 0.1) is 11.7 Å². The Morgan fingerprint density at radius 3 is 3.06 bits per heavy atom. The molecule has 2 aromatic rings. The fraction of sp³-hybridized carbons (Fsp3) is 0.462. The molecule has 0 radical (unpaired) electrons. The van der Waals surface area contributed by atoms with E-state index in [4.69, 9.17) is 5.10 Å². The molecule has 0 saturated carbocycles. The monoisotopic (exact) mass is 247 g/mol. The molecule has 2 aromatic heterocycles. The summed E-state index contributed by atoms with van der Waals surface area (Å²) in [6.07, 6.45) is 2.46. The molecule has 90 valence electrons. The Morgan fingerprint density at radius 2 is 2.41 bits per heavy atom. The van der Waals surface area contributed by atoms with Gasteiger partial charge >= 0.3 is 0 Å². The fourth-order valence-corrected chi connectivity index (χ4v) is 3.35. The minimum Gasteiger partial charge on any atom is -0.309 e. The van der Waals surface area contributed by atoms with Crippen LogP contribution in [0.15, 0.2) is 17.5 Å². The Hall–Kier alpha value is -1.13. The fourth-order valence-electron chi connectivity index (χ4n) is 2.52. The highest BCUT2D eigenvalue weighted by Gasteiger charge is 2.25. The van der Waals surface area contributed by atoms with Crippen molar-refractivity contribution in [3.63, 3.8) is 0 Å². The zero-order valence-corrected chi connectivity index (χ0v) is 11.0. The Labute approximate surface area is 105 Å². The summed E-state index contributed by atoms with van der Waals surface area (Å²) in [5.74, 6) is 0. The van der Waals surface area contributed by atoms with Gasteiger partial charge in [-0.1, -0.05) is 6.07 Å². The van der Waals surface area contributed by atoms with E-state index >= 15 is 0 Å². The SMILES string of the molecule is Cc1c(-c2cccs2)c(C2CCCN2)nn1C. The van der Waals surface area contributed by atoms with Gasteiger partial charge in [0.2, 0.25) is 0 Å². The zero-order chi connectivity index (χ0) is 11.8. The first-order valence-corrected chi connectivity index (χ1v) is 6.96. The van der Waals surface area contributed by atoms with Crippen LogP contribution in [0.2, 0.25) is 0 Å². The molecule has 1 atom stereocenters. The lowest BCUT2D eigenvalue weighted by molar-refractivity contribution is 0.605. The van der Waals surface area contributed by atoms with Crippen LogP contribution in [0, 0.1) is 6.92 Å². The van der Waals surface area contributed by atoms with Gasteiger partial charge in [-0.15, -0.1) is 11.3 Å². The lowest BCUT2D eigenvalue weighted by Crippen LogP contribution is -2.14. The summed E-state index contributed by atoms with van der Waals surface area (Å²) in [4.78, 5) is 1.33. The van der Waals surface area contributed by atoms with Crippen LogP contribution in [0.5, 0.6) is 0 Å². The second-order valence-corrected chi connectivity index (χ2v) is 5.54. The summed E-state index contributed by atoms with van der Waals surface area (Å²) in [5.41, 5.74) is 3.82. The van der Waals surface area contributed by atoms with Crippen LogP contribution >= 0.6 is 11.3 Å². The molecule has 3 nitrogen and oxygen atoms in total. The summed E-state index contributed by atoms with van der Waals surface area (Å²) >= 11 is 1.80. The smallest absolute Gasteiger partial charge is 0.0883 e. The van der Waals surface area contributed by atoms with Crippen LogP contribution in [-0.2, 0) is 7.05 Å². The van der Waals surface area contributed by atoms with Gasteiger partial charge in [-0.3, -0.25) is 4.68 Å². The molecule has 4 heteroatoms. The predicted octanol–water partition coefficient (Wildman–Crippen LogP) is 2.88. The number of aromatic nitrogens is 2. The second-order valence-electron chi connectivity index (χ2n) is 4.60. The van der Waals surface area contributed by atoms with Gasteiger partial charge in [0.1, 0.15) is 0 Å². The lowest BCUT2D eigenvalue weighted by atomic mass is 10.0. The maximum absolute atomic E-state index is 4.71. The minimum atomic E-state index is 0.437. The van der Waals surface area contributed by atoms with Crippen molar-refractivity contribution < 1.29 is 0 Å². The van der Waals surface area contributed by atoms with E-state index in [1.165, 1.54) is 34.7 Å². The quantitative estimate of drug-likeness (QED) is 0.884. The van der Waals surface area contributed by atoms with Crippen molar-refractivity contribution in [3.8, 4) is 10.4 Å². The van der Waals surface area contributed by atoms with Crippen molar-refractivity contribution >= 4 is 11.3 Å². The number of hydrogen-bond donors (Lipinski definition) is 1. The van der Waals surface area contributed by atoms with Gasteiger partial charge < -0.3 is 5.32 Å². The van der Waals surface area contributed by atoms with Crippen LogP contribution in [-0.4, -0.2) is 16.3 Å². The number of rotatable bonds is 2. The molecule has 17 heavy (non-hydrogen) atoms. The molecule has 1 N–H and O–H groups in total. The Kier molecular flexibility index (Phi) is 2.76. The van der Waals surface area contributed by atoms with E-state index in [9.17, 15) is 0 Å². The number of thiophene rings is 1. The average Bonchev–Trinajstić information content (AvgIpc) is 3.01. The van der Waals surface area contributed by atoms with Crippen molar-refractivity contribution in [2.75, 3.05) is 6.54 Å². The van der Waals surface area contributed by atoms with Gasteiger partial charge in [-0.05, 0) is 37.8 Å². The summed E-state index contributed by atoms with van der Waals surface area (Å²) in [5, 5.41) is 10.4. The van der Waals surface area contributed by atoms with Crippen molar-refractivity contribution in [1.82, 2.24) is 15.1 Å². The summed E-state index contributed by atoms with van der Waals surface area (Å²) in [6, 6.07) is 4.73. The van der Waals surface area contributed by atoms with E-state index < -0.39 is 0 Å². The van der Waals surface area contributed by atoms with Crippen LogP contribution in [0.3, 0.4) is 0 Å². The first-order chi connectivity index (χ1) is 8.27. The maximum Gasteiger partial charge on any atom is 0.0883 e. The molecule has 0 bridgehead atoms. The van der Waals surface area contributed by atoms with Gasteiger partial charge in [-0.25, -0.2) is 0 Å². The van der Waals surface area contributed by atoms with Gasteiger partial charge in [0.25, 0.3) is 0 Å². The third-order valence-electron chi connectivity index (χ3n) is 3.52. The van der Waals surface area contributed by atoms with Crippen LogP contribution in [0.4, 0.5) is 0 Å². The summed E-state index contributed by atoms with van der Waals surface area (Å²) in [6.45, 7) is 3.27. The largest absolute Gasteiger partial charge is 0.309 e. The Balaban J connectivity index is 2.11. The average molecular weight is 247 g/mol. The molecule has 0 spiro atoms. The maximum atomic E-state index is 4.71. The number of aryl methyl sites for hydroxylation is 1. The molecular formula is C13H17N3S. The first kappa shape index (κ1) is 11.0. The normalized spacial score (nSPS) is 20.0. The number of nitrogens with one attached hydrogen (secondary N) is 1. The Morgan fingerprint density at radius 1 is 1.53 bits per heavy atom. The summed E-state index contributed by atoms with van der Waals surface area (Å²) < 4.78 is 2.00. The number of nitrogens with zero attached hydrogens (tertiary/aromatic N) is 2. The van der Waals surface area contributed by atoms with Crippen molar-refractivity contribution in [2.24, 2.45) is 7.05 Å². The van der Waals surface area contributed by atoms with Gasteiger partial charge in [0.15, 0.2) is 0 Å². The van der Waals surface area contributed by atoms with Crippen LogP contribution in [0.1, 0.15) is 30.3 Å². The molecule has 0 amide bonds. The highest BCUT2D eigenvalue weighted by molar-refractivity contribution is 7.13. The zero-order valence-electron chi connectivity index (χ0n) is 10.2. The molecular weight excluding hydrogens is 230 g/mol. The molecule has 0 aromatic carbocycles. The third-order valence-corrected chi connectivity index (χ3v) is 4.41. The molecule has 1 aliphatic heterocycles. The molecule has 1 unspecified atom stereocenters. The summed E-state index contributed by atoms with van der Waals surface area (Å²) in [7, 11) is 2.03. The van der Waals surface area contributed by atoms with E-state index in [2.05, 4.69) is 29.8 Å². The predicted molar refractivity (Wildman–Crippen MR) is 71.2 cm³/mol. The van der Waals surface area contributed by atoms with Gasteiger partial charge in [0, 0.05) is 23.2 Å². The van der Waals surface area contributed by atoms with Crippen molar-refractivity contribution in [2.45, 2.75) is 25.8 Å². The van der Waals surface area contributed by atoms with E-state index in [1.807, 2.05) is 11.7 Å². The lowest BCUT2D eigenvalue weighted by Gasteiger charge is -2.09. The second kappa shape index (κ2) is 4.27. The van der Waals surface area contributed by atoms with Crippen LogP contribution < -0.4 is 5.32 Å². The molecule has 0 aliphatic carbocycles. The molecule has 1 aliphatic rings. The van der Waals surface area contributed by atoms with Crippen molar-refractivity contribution in [3.05, 3.63) is 28.9 Å². The minimum absolute atomic E-state index is 0.437. The highest BCUT2D eigenvalue weighted by atomic mass is 32.1. The molecule has 3 heterocycles. The van der Waals surface area contributed by atoms with Crippen LogP contribution in [0.25, 0.3) is 10.4 Å². The Bertz CT molecular complexity index is 507.